The second-order valence-corrected chi connectivity index (χ2v) is 9.65. The molecule has 2 atom stereocenters. The van der Waals surface area contributed by atoms with Crippen molar-refractivity contribution in [3.05, 3.63) is 82.6 Å². The van der Waals surface area contributed by atoms with E-state index in [0.717, 1.165) is 42.0 Å². The number of hydrogen-bond donors (Lipinski definition) is 2. The minimum Gasteiger partial charge on any atom is -0.398 e. The van der Waals surface area contributed by atoms with Gasteiger partial charge in [0.25, 0.3) is 0 Å². The molecule has 0 fully saturated rings. The molecule has 4 N–H and O–H groups in total. The van der Waals surface area contributed by atoms with E-state index in [0.29, 0.717) is 0 Å². The van der Waals surface area contributed by atoms with Gasteiger partial charge in [-0.15, -0.1) is 22.7 Å². The summed E-state index contributed by atoms with van der Waals surface area (Å²) in [7, 11) is 0. The summed E-state index contributed by atoms with van der Waals surface area (Å²) in [5.41, 5.74) is 15.8. The number of benzene rings is 2. The minimum absolute atomic E-state index is 0.170. The molecule has 3 nitrogen and oxygen atoms in total. The zero-order valence-electron chi connectivity index (χ0n) is 17.0. The minimum atomic E-state index is -0.170. The molecule has 5 heteroatoms. The third kappa shape index (κ3) is 3.91. The molecule has 0 aliphatic carbocycles. The Morgan fingerprint density at radius 2 is 1.07 bits per heavy atom. The van der Waals surface area contributed by atoms with E-state index < -0.39 is 0 Å². The van der Waals surface area contributed by atoms with Gasteiger partial charge in [-0.1, -0.05) is 50.2 Å². The Kier molecular flexibility index (Phi) is 5.75. The van der Waals surface area contributed by atoms with E-state index in [-0.39, 0.29) is 17.6 Å². The molecule has 0 saturated carbocycles. The van der Waals surface area contributed by atoms with Crippen molar-refractivity contribution in [2.24, 2.45) is 0 Å². The van der Waals surface area contributed by atoms with E-state index in [1.165, 1.54) is 0 Å². The third-order valence-corrected chi connectivity index (χ3v) is 8.02. The molecule has 2 heterocycles. The number of Topliss-reactive ketones (excluding diaryl/α,β-unsaturated/α-hetero) is 1. The van der Waals surface area contributed by atoms with Crippen molar-refractivity contribution in [1.82, 2.24) is 0 Å². The van der Waals surface area contributed by atoms with Crippen LogP contribution in [0.1, 0.15) is 35.4 Å². The molecule has 2 aromatic heterocycles. The maximum Gasteiger partial charge on any atom is 0.148 e. The van der Waals surface area contributed by atoms with Crippen molar-refractivity contribution < 1.29 is 4.79 Å². The molecule has 30 heavy (non-hydrogen) atoms. The standard InChI is InChI=1S/C25H24N2OS2/c1-15(21-11-13-23(29-21)17-7-3-5-9-19(17)26)25(28)16(2)22-12-14-24(30-22)18-8-4-6-10-20(18)27/h3-16H,26-27H2,1-2H3. The Bertz CT molecular complexity index is 1100. The molecule has 2 unspecified atom stereocenters. The summed E-state index contributed by atoms with van der Waals surface area (Å²) >= 11 is 3.28. The lowest BCUT2D eigenvalue weighted by molar-refractivity contribution is -0.121. The van der Waals surface area contributed by atoms with E-state index >= 15 is 0 Å². The molecule has 0 bridgehead atoms. The van der Waals surface area contributed by atoms with Gasteiger partial charge in [-0.05, 0) is 36.4 Å². The van der Waals surface area contributed by atoms with E-state index in [1.807, 2.05) is 74.5 Å². The zero-order chi connectivity index (χ0) is 21.3. The fourth-order valence-corrected chi connectivity index (χ4v) is 5.79. The first-order valence-corrected chi connectivity index (χ1v) is 11.5. The Hall–Kier alpha value is -2.89. The molecular formula is C25H24N2OS2. The number of carbonyl (C=O) groups excluding carboxylic acids is 1. The number of nitrogen functional groups attached to an aromatic ring is 2. The largest absolute Gasteiger partial charge is 0.398 e. The van der Waals surface area contributed by atoms with Crippen LogP contribution in [0, 0.1) is 0 Å². The summed E-state index contributed by atoms with van der Waals surface area (Å²) in [6.45, 7) is 3.99. The van der Waals surface area contributed by atoms with Crippen molar-refractivity contribution in [3.63, 3.8) is 0 Å². The van der Waals surface area contributed by atoms with E-state index in [2.05, 4.69) is 12.1 Å². The number of anilines is 2. The Morgan fingerprint density at radius 3 is 1.47 bits per heavy atom. The second kappa shape index (κ2) is 8.46. The summed E-state index contributed by atoms with van der Waals surface area (Å²) in [5, 5.41) is 0. The lowest BCUT2D eigenvalue weighted by Gasteiger charge is -2.14. The van der Waals surface area contributed by atoms with Crippen LogP contribution in [-0.2, 0) is 4.79 Å². The fraction of sp³-hybridized carbons (Fsp3) is 0.160. The van der Waals surface area contributed by atoms with Crippen LogP contribution in [0.15, 0.2) is 72.8 Å². The van der Waals surface area contributed by atoms with Crippen LogP contribution in [0.25, 0.3) is 20.9 Å². The summed E-state index contributed by atoms with van der Waals surface area (Å²) in [6, 6.07) is 23.9. The monoisotopic (exact) mass is 432 g/mol. The molecule has 0 saturated heterocycles. The molecule has 0 amide bonds. The normalized spacial score (nSPS) is 13.1. The highest BCUT2D eigenvalue weighted by atomic mass is 32.1. The van der Waals surface area contributed by atoms with Gasteiger partial charge in [0, 0.05) is 53.8 Å². The maximum absolute atomic E-state index is 13.2. The van der Waals surface area contributed by atoms with Gasteiger partial charge >= 0.3 is 0 Å². The average Bonchev–Trinajstić information content (AvgIpc) is 3.43. The van der Waals surface area contributed by atoms with E-state index in [4.69, 9.17) is 11.5 Å². The van der Waals surface area contributed by atoms with Gasteiger partial charge in [-0.3, -0.25) is 4.79 Å². The predicted molar refractivity (Wildman–Crippen MR) is 130 cm³/mol. The van der Waals surface area contributed by atoms with Gasteiger partial charge in [-0.2, -0.15) is 0 Å². The fourth-order valence-electron chi connectivity index (χ4n) is 3.56. The number of thiophene rings is 2. The summed E-state index contributed by atoms with van der Waals surface area (Å²) in [6.07, 6.45) is 0. The Balaban J connectivity index is 1.54. The SMILES string of the molecule is CC(C(=O)C(C)c1ccc(-c2ccccc2N)s1)c1ccc(-c2ccccc2N)s1. The molecule has 152 valence electrons. The van der Waals surface area contributed by atoms with Crippen LogP contribution < -0.4 is 11.5 Å². The summed E-state index contributed by atoms with van der Waals surface area (Å²) in [4.78, 5) is 17.5. The van der Waals surface area contributed by atoms with Gasteiger partial charge in [0.2, 0.25) is 0 Å². The second-order valence-electron chi connectivity index (χ2n) is 7.42. The Labute approximate surface area is 185 Å². The lowest BCUT2D eigenvalue weighted by atomic mass is 9.93. The Morgan fingerprint density at radius 1 is 0.667 bits per heavy atom. The highest BCUT2D eigenvalue weighted by Crippen LogP contribution is 2.39. The third-order valence-electron chi connectivity index (χ3n) is 5.41. The first-order valence-electron chi connectivity index (χ1n) is 9.88. The highest BCUT2D eigenvalue weighted by molar-refractivity contribution is 7.16. The first-order chi connectivity index (χ1) is 14.5. The van der Waals surface area contributed by atoms with Crippen LogP contribution in [0.4, 0.5) is 11.4 Å². The quantitative estimate of drug-likeness (QED) is 0.330. The maximum atomic E-state index is 13.2. The number of para-hydroxylation sites is 2. The van der Waals surface area contributed by atoms with E-state index in [1.54, 1.807) is 22.7 Å². The molecule has 2 aromatic carbocycles. The summed E-state index contributed by atoms with van der Waals surface area (Å²) < 4.78 is 0. The molecular weight excluding hydrogens is 408 g/mol. The van der Waals surface area contributed by atoms with Gasteiger partial charge in [-0.25, -0.2) is 0 Å². The molecule has 4 aromatic rings. The van der Waals surface area contributed by atoms with Gasteiger partial charge < -0.3 is 11.5 Å². The van der Waals surface area contributed by atoms with Gasteiger partial charge in [0.05, 0.1) is 0 Å². The number of hydrogen-bond acceptors (Lipinski definition) is 5. The smallest absolute Gasteiger partial charge is 0.148 e. The van der Waals surface area contributed by atoms with Crippen LogP contribution >= 0.6 is 22.7 Å². The lowest BCUT2D eigenvalue weighted by Crippen LogP contribution is -2.14. The molecule has 0 aliphatic heterocycles. The van der Waals surface area contributed by atoms with Gasteiger partial charge in [0.15, 0.2) is 0 Å². The molecule has 4 rings (SSSR count). The van der Waals surface area contributed by atoms with Crippen LogP contribution in [-0.4, -0.2) is 5.78 Å². The van der Waals surface area contributed by atoms with Crippen molar-refractivity contribution in [2.75, 3.05) is 11.5 Å². The van der Waals surface area contributed by atoms with Gasteiger partial charge in [0.1, 0.15) is 5.78 Å². The molecule has 0 radical (unpaired) electrons. The van der Waals surface area contributed by atoms with Crippen molar-refractivity contribution in [1.29, 1.82) is 0 Å². The van der Waals surface area contributed by atoms with Crippen molar-refractivity contribution in [3.8, 4) is 20.9 Å². The number of ketones is 1. The molecule has 0 spiro atoms. The first kappa shape index (κ1) is 20.4. The number of nitrogens with two attached hydrogens (primary N) is 2. The number of rotatable bonds is 6. The molecule has 0 aliphatic rings. The average molecular weight is 433 g/mol. The zero-order valence-corrected chi connectivity index (χ0v) is 18.6. The van der Waals surface area contributed by atoms with Crippen LogP contribution in [0.2, 0.25) is 0 Å². The topological polar surface area (TPSA) is 69.1 Å². The van der Waals surface area contributed by atoms with Crippen LogP contribution in [0.5, 0.6) is 0 Å². The van der Waals surface area contributed by atoms with Crippen molar-refractivity contribution >= 4 is 39.8 Å². The number of carbonyl (C=O) groups is 1. The highest BCUT2D eigenvalue weighted by Gasteiger charge is 2.25. The van der Waals surface area contributed by atoms with Crippen molar-refractivity contribution in [2.45, 2.75) is 25.7 Å². The van der Waals surface area contributed by atoms with E-state index in [9.17, 15) is 4.79 Å². The predicted octanol–water partition coefficient (Wildman–Crippen LogP) is 6.78. The van der Waals surface area contributed by atoms with Crippen LogP contribution in [0.3, 0.4) is 0 Å². The summed E-state index contributed by atoms with van der Waals surface area (Å²) in [5.74, 6) is -0.120.